The lowest BCUT2D eigenvalue weighted by Gasteiger charge is -2.35. The molecule has 0 radical (unpaired) electrons. The first kappa shape index (κ1) is 17.1. The lowest BCUT2D eigenvalue weighted by molar-refractivity contribution is 0.110. The van der Waals surface area contributed by atoms with Gasteiger partial charge in [-0.1, -0.05) is 6.07 Å². The molecule has 1 saturated heterocycles. The first-order valence-corrected chi connectivity index (χ1v) is 8.01. The highest BCUT2D eigenvalue weighted by Gasteiger charge is 2.21. The first-order valence-electron chi connectivity index (χ1n) is 8.01. The van der Waals surface area contributed by atoms with Crippen LogP contribution in [-0.2, 0) is 0 Å². The maximum atomic E-state index is 10.4. The number of ether oxygens (including phenoxy) is 1. The molecule has 3 N–H and O–H groups in total. The molecule has 2 rings (SSSR count). The van der Waals surface area contributed by atoms with Crippen LogP contribution >= 0.6 is 0 Å². The molecule has 22 heavy (non-hydrogen) atoms. The normalized spacial score (nSPS) is 18.6. The van der Waals surface area contributed by atoms with Crippen LogP contribution in [0.15, 0.2) is 18.2 Å². The van der Waals surface area contributed by atoms with Crippen LogP contribution in [0.1, 0.15) is 30.9 Å². The number of hydrogen-bond donors (Lipinski definition) is 2. The van der Waals surface area contributed by atoms with E-state index in [2.05, 4.69) is 23.9 Å². The number of likely N-dealkylation sites (tertiary alicyclic amines) is 1. The Hall–Kier alpha value is -1.30. The number of rotatable bonds is 6. The van der Waals surface area contributed by atoms with Crippen molar-refractivity contribution in [2.75, 3.05) is 46.6 Å². The van der Waals surface area contributed by atoms with Crippen LogP contribution in [0.25, 0.3) is 0 Å². The topological polar surface area (TPSA) is 62.0 Å². The zero-order valence-electron chi connectivity index (χ0n) is 14.0. The number of nitrogens with zero attached hydrogens (tertiary/aromatic N) is 2. The van der Waals surface area contributed by atoms with E-state index in [0.717, 1.165) is 25.2 Å². The Morgan fingerprint density at radius 2 is 2.09 bits per heavy atom. The molecule has 1 fully saturated rings. The predicted octanol–water partition coefficient (Wildman–Crippen LogP) is 1.73. The second kappa shape index (κ2) is 7.81. The van der Waals surface area contributed by atoms with Crippen LogP contribution < -0.4 is 10.5 Å². The Morgan fingerprint density at radius 3 is 2.68 bits per heavy atom. The molecule has 1 aliphatic heterocycles. The minimum Gasteiger partial charge on any atom is -0.495 e. The zero-order chi connectivity index (χ0) is 16.1. The molecule has 124 valence electrons. The molecule has 0 aliphatic carbocycles. The fourth-order valence-corrected chi connectivity index (χ4v) is 3.07. The molecule has 1 unspecified atom stereocenters. The van der Waals surface area contributed by atoms with Gasteiger partial charge in [0.1, 0.15) is 5.75 Å². The molecule has 1 aromatic rings. The molecule has 1 heterocycles. The number of nitrogens with two attached hydrogens (primary N) is 1. The highest BCUT2D eigenvalue weighted by molar-refractivity contribution is 5.54. The van der Waals surface area contributed by atoms with Crippen LogP contribution in [0.5, 0.6) is 5.75 Å². The van der Waals surface area contributed by atoms with Crippen molar-refractivity contribution in [3.05, 3.63) is 23.8 Å². The molecule has 0 aromatic heterocycles. The van der Waals surface area contributed by atoms with Crippen molar-refractivity contribution in [3.63, 3.8) is 0 Å². The number of hydrogen-bond acceptors (Lipinski definition) is 5. The molecule has 1 aromatic carbocycles. The summed E-state index contributed by atoms with van der Waals surface area (Å²) in [6, 6.07) is 6.13. The average molecular weight is 307 g/mol. The Balaban J connectivity index is 1.84. The van der Waals surface area contributed by atoms with Gasteiger partial charge in [0.05, 0.1) is 18.9 Å². The summed E-state index contributed by atoms with van der Waals surface area (Å²) in [5.74, 6) is 0.652. The summed E-state index contributed by atoms with van der Waals surface area (Å²) in [4.78, 5) is 4.75. The minimum atomic E-state index is -0.484. The summed E-state index contributed by atoms with van der Waals surface area (Å²) in [5, 5.41) is 10.4. The quantitative estimate of drug-likeness (QED) is 0.784. The summed E-state index contributed by atoms with van der Waals surface area (Å²) >= 11 is 0. The molecule has 0 spiro atoms. The van der Waals surface area contributed by atoms with Crippen molar-refractivity contribution in [1.82, 2.24) is 9.80 Å². The number of aliphatic hydroxyl groups excluding tert-OH is 1. The van der Waals surface area contributed by atoms with E-state index in [1.807, 2.05) is 12.1 Å². The van der Waals surface area contributed by atoms with E-state index in [-0.39, 0.29) is 0 Å². The number of piperidine rings is 1. The molecule has 5 nitrogen and oxygen atoms in total. The van der Waals surface area contributed by atoms with Crippen LogP contribution in [0.2, 0.25) is 0 Å². The van der Waals surface area contributed by atoms with E-state index in [1.54, 1.807) is 13.2 Å². The third-order valence-corrected chi connectivity index (χ3v) is 4.71. The molecular formula is C17H29N3O2. The number of methoxy groups -OCH3 is 1. The lowest BCUT2D eigenvalue weighted by Crippen LogP contribution is -2.42. The van der Waals surface area contributed by atoms with Gasteiger partial charge >= 0.3 is 0 Å². The Bertz CT molecular complexity index is 473. The van der Waals surface area contributed by atoms with Crippen LogP contribution in [0.4, 0.5) is 5.69 Å². The van der Waals surface area contributed by atoms with Gasteiger partial charge in [0.15, 0.2) is 0 Å². The van der Waals surface area contributed by atoms with Gasteiger partial charge in [-0.3, -0.25) is 0 Å². The largest absolute Gasteiger partial charge is 0.495 e. The maximum absolute atomic E-state index is 10.4. The monoisotopic (exact) mass is 307 g/mol. The van der Waals surface area contributed by atoms with Crippen molar-refractivity contribution in [3.8, 4) is 5.75 Å². The van der Waals surface area contributed by atoms with E-state index in [0.29, 0.717) is 23.9 Å². The molecule has 0 saturated carbocycles. The summed E-state index contributed by atoms with van der Waals surface area (Å²) in [5.41, 5.74) is 7.33. The van der Waals surface area contributed by atoms with E-state index >= 15 is 0 Å². The molecule has 1 aliphatic rings. The first-order chi connectivity index (χ1) is 10.5. The fraction of sp³-hybridized carbons (Fsp3) is 0.647. The predicted molar refractivity (Wildman–Crippen MR) is 90.1 cm³/mol. The molecular weight excluding hydrogens is 278 g/mol. The van der Waals surface area contributed by atoms with Crippen molar-refractivity contribution in [2.24, 2.45) is 0 Å². The Morgan fingerprint density at radius 1 is 1.41 bits per heavy atom. The average Bonchev–Trinajstić information content (AvgIpc) is 2.52. The van der Waals surface area contributed by atoms with Gasteiger partial charge in [0, 0.05) is 12.6 Å². The zero-order valence-corrected chi connectivity index (χ0v) is 14.0. The minimum absolute atomic E-state index is 0.484. The summed E-state index contributed by atoms with van der Waals surface area (Å²) in [6.07, 6.45) is 2.65. The van der Waals surface area contributed by atoms with Gasteiger partial charge < -0.3 is 25.4 Å². The molecule has 0 bridgehead atoms. The Kier molecular flexibility index (Phi) is 6.06. The van der Waals surface area contributed by atoms with Crippen LogP contribution in [-0.4, -0.2) is 61.8 Å². The number of anilines is 1. The van der Waals surface area contributed by atoms with Gasteiger partial charge in [-0.2, -0.15) is 0 Å². The molecule has 5 heteroatoms. The fourth-order valence-electron chi connectivity index (χ4n) is 3.07. The van der Waals surface area contributed by atoms with Gasteiger partial charge in [-0.25, -0.2) is 0 Å². The van der Waals surface area contributed by atoms with Gasteiger partial charge in [-0.05, 0) is 64.1 Å². The smallest absolute Gasteiger partial charge is 0.141 e. The van der Waals surface area contributed by atoms with Crippen LogP contribution in [0.3, 0.4) is 0 Å². The second-order valence-electron chi connectivity index (χ2n) is 6.32. The maximum Gasteiger partial charge on any atom is 0.141 e. The number of nitrogen functional groups attached to an aromatic ring is 1. The number of benzene rings is 1. The molecule has 1 atom stereocenters. The highest BCUT2D eigenvalue weighted by Crippen LogP contribution is 2.27. The Labute approximate surface area is 133 Å². The highest BCUT2D eigenvalue weighted by atomic mass is 16.5. The summed E-state index contributed by atoms with van der Waals surface area (Å²) in [7, 11) is 5.93. The van der Waals surface area contributed by atoms with E-state index < -0.39 is 6.10 Å². The third kappa shape index (κ3) is 4.35. The van der Waals surface area contributed by atoms with Gasteiger partial charge in [-0.15, -0.1) is 0 Å². The van der Waals surface area contributed by atoms with Crippen molar-refractivity contribution in [2.45, 2.75) is 31.4 Å². The van der Waals surface area contributed by atoms with Crippen LogP contribution in [0, 0.1) is 0 Å². The van der Waals surface area contributed by atoms with Gasteiger partial charge in [0.25, 0.3) is 0 Å². The van der Waals surface area contributed by atoms with Crippen molar-refractivity contribution in [1.29, 1.82) is 0 Å². The molecule has 0 amide bonds. The number of aliphatic hydroxyl groups is 1. The summed E-state index contributed by atoms with van der Waals surface area (Å²) < 4.78 is 5.15. The van der Waals surface area contributed by atoms with E-state index in [1.165, 1.54) is 12.8 Å². The van der Waals surface area contributed by atoms with E-state index in [4.69, 9.17) is 10.5 Å². The van der Waals surface area contributed by atoms with E-state index in [9.17, 15) is 5.11 Å². The summed E-state index contributed by atoms with van der Waals surface area (Å²) in [6.45, 7) is 3.21. The third-order valence-electron chi connectivity index (χ3n) is 4.71. The second-order valence-corrected chi connectivity index (χ2v) is 6.32. The SMILES string of the molecule is COc1ccc(C(O)CCN(C)C2CCN(C)CC2)cc1N. The standard InChI is InChI=1S/C17H29N3O2/c1-19-9-6-14(7-10-19)20(2)11-8-16(21)13-4-5-17(22-3)15(18)12-13/h4-5,12,14,16,21H,6-11,18H2,1-3H3. The lowest BCUT2D eigenvalue weighted by atomic mass is 10.0. The van der Waals surface area contributed by atoms with Crippen molar-refractivity contribution >= 4 is 5.69 Å². The van der Waals surface area contributed by atoms with Gasteiger partial charge in [0.2, 0.25) is 0 Å². The van der Waals surface area contributed by atoms with Crippen molar-refractivity contribution < 1.29 is 9.84 Å².